The molecule has 9 heteroatoms. The molecule has 1 heterocycles. The number of benzene rings is 2. The Morgan fingerprint density at radius 1 is 1.00 bits per heavy atom. The number of hydrogen-bond donors (Lipinski definition) is 1. The number of aromatic nitrogens is 2. The second kappa shape index (κ2) is 10.3. The van der Waals surface area contributed by atoms with Crippen molar-refractivity contribution in [1.82, 2.24) is 9.78 Å². The van der Waals surface area contributed by atoms with Gasteiger partial charge in [-0.05, 0) is 22.7 Å². The molecular formula is C24H28F3N3O2Si. The van der Waals surface area contributed by atoms with E-state index in [9.17, 15) is 18.0 Å². The molecule has 3 aromatic rings. The fraction of sp³-hybridized carbons (Fsp3) is 0.333. The highest BCUT2D eigenvalue weighted by Crippen LogP contribution is 2.32. The van der Waals surface area contributed by atoms with Crippen LogP contribution in [0.5, 0.6) is 0 Å². The molecule has 0 amide bonds. The highest BCUT2D eigenvalue weighted by Gasteiger charge is 2.38. The van der Waals surface area contributed by atoms with Crippen LogP contribution in [0.25, 0.3) is 11.1 Å². The number of rotatable bonds is 9. The topological polar surface area (TPSA) is 56.1 Å². The molecule has 0 aliphatic rings. The summed E-state index contributed by atoms with van der Waals surface area (Å²) in [7, 11) is -1.35. The molecule has 33 heavy (non-hydrogen) atoms. The summed E-state index contributed by atoms with van der Waals surface area (Å²) in [4.78, 5) is 12.5. The third-order valence-corrected chi connectivity index (χ3v) is 6.79. The maximum absolute atomic E-state index is 13.7. The molecule has 5 nitrogen and oxygen atoms in total. The maximum Gasteiger partial charge on any atom is 0.423 e. The second-order valence-electron chi connectivity index (χ2n) is 9.00. The number of hydrogen-bond acceptors (Lipinski definition) is 4. The van der Waals surface area contributed by atoms with Gasteiger partial charge in [-0.2, -0.15) is 18.3 Å². The predicted octanol–water partition coefficient (Wildman–Crippen LogP) is 5.85. The van der Waals surface area contributed by atoms with E-state index in [1.54, 1.807) is 0 Å². The fourth-order valence-electron chi connectivity index (χ4n) is 3.16. The van der Waals surface area contributed by atoms with E-state index in [1.165, 1.54) is 0 Å². The zero-order valence-electron chi connectivity index (χ0n) is 18.9. The third kappa shape index (κ3) is 7.03. The van der Waals surface area contributed by atoms with Crippen molar-refractivity contribution in [3.8, 4) is 11.1 Å². The molecule has 0 bridgehead atoms. The summed E-state index contributed by atoms with van der Waals surface area (Å²) in [5.74, 6) is 0. The van der Waals surface area contributed by atoms with E-state index < -0.39 is 25.4 Å². The third-order valence-electron chi connectivity index (χ3n) is 5.08. The lowest BCUT2D eigenvalue weighted by molar-refractivity contribution is -0.138. The van der Waals surface area contributed by atoms with E-state index in [0.29, 0.717) is 11.3 Å². The average molecular weight is 476 g/mol. The van der Waals surface area contributed by atoms with Gasteiger partial charge in [-0.1, -0.05) is 74.2 Å². The first-order chi connectivity index (χ1) is 15.5. The summed E-state index contributed by atoms with van der Waals surface area (Å²) in [5.41, 5.74) is -0.00302. The molecule has 0 aliphatic heterocycles. The van der Waals surface area contributed by atoms with Crippen LogP contribution in [0.4, 0.5) is 18.9 Å². The minimum absolute atomic E-state index is 0.121. The first-order valence-corrected chi connectivity index (χ1v) is 14.4. The Labute approximate surface area is 192 Å². The van der Waals surface area contributed by atoms with Gasteiger partial charge in [0, 0.05) is 21.2 Å². The van der Waals surface area contributed by atoms with E-state index in [0.717, 1.165) is 28.9 Å². The van der Waals surface area contributed by atoms with Gasteiger partial charge in [-0.25, -0.2) is 4.68 Å². The van der Waals surface area contributed by atoms with Gasteiger partial charge in [0.1, 0.15) is 12.3 Å². The van der Waals surface area contributed by atoms with E-state index in [1.807, 2.05) is 54.6 Å². The lowest BCUT2D eigenvalue weighted by atomic mass is 10.0. The number of nitrogens with one attached hydrogen (secondary N) is 1. The summed E-state index contributed by atoms with van der Waals surface area (Å²) < 4.78 is 47.2. The Kier molecular flexibility index (Phi) is 7.75. The first kappa shape index (κ1) is 24.7. The highest BCUT2D eigenvalue weighted by molar-refractivity contribution is 6.76. The minimum atomic E-state index is -4.82. The van der Waals surface area contributed by atoms with Gasteiger partial charge in [-0.3, -0.25) is 4.79 Å². The predicted molar refractivity (Wildman–Crippen MR) is 127 cm³/mol. The van der Waals surface area contributed by atoms with E-state index >= 15 is 0 Å². The van der Waals surface area contributed by atoms with Gasteiger partial charge < -0.3 is 10.1 Å². The maximum atomic E-state index is 13.7. The summed E-state index contributed by atoms with van der Waals surface area (Å²) in [6, 6.07) is 18.1. The van der Waals surface area contributed by atoms with Crippen molar-refractivity contribution >= 4 is 13.8 Å². The monoisotopic (exact) mass is 475 g/mol. The van der Waals surface area contributed by atoms with Crippen LogP contribution in [0, 0.1) is 0 Å². The fourth-order valence-corrected chi connectivity index (χ4v) is 3.92. The Balaban J connectivity index is 1.72. The molecule has 0 aliphatic carbocycles. The smallest absolute Gasteiger partial charge is 0.379 e. The summed E-state index contributed by atoms with van der Waals surface area (Å²) in [6.07, 6.45) is -3.79. The Bertz CT molecular complexity index is 1110. The van der Waals surface area contributed by atoms with Crippen molar-refractivity contribution in [3.05, 3.63) is 82.3 Å². The molecular weight excluding hydrogens is 447 g/mol. The molecule has 2 aromatic carbocycles. The molecule has 1 aromatic heterocycles. The summed E-state index contributed by atoms with van der Waals surface area (Å²) >= 11 is 0. The van der Waals surface area contributed by atoms with Gasteiger partial charge >= 0.3 is 6.18 Å². The van der Waals surface area contributed by atoms with Gasteiger partial charge in [0.05, 0.1) is 11.9 Å². The summed E-state index contributed by atoms with van der Waals surface area (Å²) in [6.45, 7) is 6.68. The molecule has 176 valence electrons. The van der Waals surface area contributed by atoms with Crippen LogP contribution in [-0.2, 0) is 24.2 Å². The van der Waals surface area contributed by atoms with Gasteiger partial charge in [0.2, 0.25) is 0 Å². The normalized spacial score (nSPS) is 12.1. The van der Waals surface area contributed by atoms with Crippen molar-refractivity contribution < 1.29 is 17.9 Å². The number of ether oxygens (including phenoxy) is 1. The van der Waals surface area contributed by atoms with Crippen molar-refractivity contribution in [2.24, 2.45) is 0 Å². The van der Waals surface area contributed by atoms with Gasteiger partial charge in [-0.15, -0.1) is 0 Å². The quantitative estimate of drug-likeness (QED) is 0.311. The van der Waals surface area contributed by atoms with Crippen LogP contribution in [-0.4, -0.2) is 24.5 Å². The lowest BCUT2D eigenvalue weighted by Gasteiger charge is -2.17. The highest BCUT2D eigenvalue weighted by atomic mass is 28.3. The van der Waals surface area contributed by atoms with Crippen molar-refractivity contribution in [2.45, 2.75) is 45.1 Å². The van der Waals surface area contributed by atoms with E-state index in [4.69, 9.17) is 4.74 Å². The SMILES string of the molecule is C[Si](C)(C)CCOCn1ncc(NCc2ccc(-c3ccccc3)cc2)c(C(F)(F)F)c1=O. The van der Waals surface area contributed by atoms with Crippen LogP contribution in [0.2, 0.25) is 25.7 Å². The average Bonchev–Trinajstić information content (AvgIpc) is 2.75. The number of nitrogens with zero attached hydrogens (tertiary/aromatic N) is 2. The van der Waals surface area contributed by atoms with Crippen LogP contribution in [0.15, 0.2) is 65.6 Å². The van der Waals surface area contributed by atoms with Crippen molar-refractivity contribution in [3.63, 3.8) is 0 Å². The lowest BCUT2D eigenvalue weighted by Crippen LogP contribution is -2.33. The van der Waals surface area contributed by atoms with Crippen LogP contribution in [0.3, 0.4) is 0 Å². The zero-order chi connectivity index (χ0) is 24.1. The Hall–Kier alpha value is -2.91. The Morgan fingerprint density at radius 2 is 1.64 bits per heavy atom. The molecule has 1 N–H and O–H groups in total. The second-order valence-corrected chi connectivity index (χ2v) is 14.6. The molecule has 0 saturated carbocycles. The van der Waals surface area contributed by atoms with Crippen molar-refractivity contribution in [2.75, 3.05) is 11.9 Å². The minimum Gasteiger partial charge on any atom is -0.379 e. The van der Waals surface area contributed by atoms with Crippen molar-refractivity contribution in [1.29, 1.82) is 0 Å². The number of anilines is 1. The van der Waals surface area contributed by atoms with Gasteiger partial charge in [0.25, 0.3) is 5.56 Å². The zero-order valence-corrected chi connectivity index (χ0v) is 19.9. The Morgan fingerprint density at radius 3 is 2.24 bits per heavy atom. The molecule has 3 rings (SSSR count). The van der Waals surface area contributed by atoms with E-state index in [-0.39, 0.29) is 19.0 Å². The van der Waals surface area contributed by atoms with Crippen LogP contribution in [0.1, 0.15) is 11.1 Å². The molecule has 0 unspecified atom stereocenters. The first-order valence-electron chi connectivity index (χ1n) is 10.7. The van der Waals surface area contributed by atoms with Crippen LogP contribution >= 0.6 is 0 Å². The molecule has 0 fully saturated rings. The standard InChI is InChI=1S/C24H28F3N3O2Si/c1-33(2,3)14-13-32-17-30-23(31)22(24(25,26)27)21(16-29-30)28-15-18-9-11-20(12-10-18)19-7-5-4-6-8-19/h4-12,16,28H,13-15,17H2,1-3H3. The van der Waals surface area contributed by atoms with Gasteiger partial charge in [0.15, 0.2) is 0 Å². The molecule has 0 saturated heterocycles. The van der Waals surface area contributed by atoms with Crippen LogP contribution < -0.4 is 10.9 Å². The summed E-state index contributed by atoms with van der Waals surface area (Å²) in [5, 5.41) is 6.60. The largest absolute Gasteiger partial charge is 0.423 e. The van der Waals surface area contributed by atoms with E-state index in [2.05, 4.69) is 30.1 Å². The number of halogens is 3. The number of alkyl halides is 3. The molecule has 0 spiro atoms. The molecule has 0 atom stereocenters. The molecule has 0 radical (unpaired) electrons.